The number of rotatable bonds is 6. The van der Waals surface area contributed by atoms with Crippen LogP contribution >= 0.6 is 0 Å². The van der Waals surface area contributed by atoms with Gasteiger partial charge >= 0.3 is 6.18 Å². The summed E-state index contributed by atoms with van der Waals surface area (Å²) >= 11 is 0. The first-order valence-corrected chi connectivity index (χ1v) is 9.24. The molecule has 0 radical (unpaired) electrons. The Hall–Kier alpha value is -1.16. The van der Waals surface area contributed by atoms with Crippen molar-refractivity contribution >= 4 is 10.0 Å². The molecule has 1 aromatic carbocycles. The topological polar surface area (TPSA) is 82.0 Å². The van der Waals surface area contributed by atoms with Crippen molar-refractivity contribution in [3.05, 3.63) is 35.6 Å². The molecule has 136 valence electrons. The minimum atomic E-state index is -4.23. The molecule has 0 unspecified atom stereocenters. The third-order valence-corrected chi connectivity index (χ3v) is 5.61. The summed E-state index contributed by atoms with van der Waals surface area (Å²) in [6.45, 7) is -0.931. The first kappa shape index (κ1) is 19.2. The normalized spacial score (nSPS) is 22.5. The maximum absolute atomic E-state index is 12.3. The van der Waals surface area contributed by atoms with Crippen LogP contribution in [-0.2, 0) is 16.6 Å². The van der Waals surface area contributed by atoms with E-state index in [1.165, 1.54) is 12.1 Å². The van der Waals surface area contributed by atoms with Gasteiger partial charge < -0.3 is 11.1 Å². The molecule has 0 bridgehead atoms. The van der Waals surface area contributed by atoms with Crippen molar-refractivity contribution in [3.8, 4) is 0 Å². The molecule has 24 heavy (non-hydrogen) atoms. The van der Waals surface area contributed by atoms with Crippen LogP contribution in [0.5, 0.6) is 0 Å². The molecule has 0 aromatic heterocycles. The van der Waals surface area contributed by atoms with Crippen molar-refractivity contribution in [3.63, 3.8) is 0 Å². The number of alkyl halides is 3. The average Bonchev–Trinajstić information content (AvgIpc) is 2.53. The number of halogens is 3. The number of hydrogen-bond acceptors (Lipinski definition) is 3. The molecule has 0 saturated heterocycles. The van der Waals surface area contributed by atoms with Crippen LogP contribution in [0, 0.1) is 0 Å². The molecular formula is C15H21F3N3O2S-. The number of sulfonamides is 1. The SMILES string of the molecule is [NH-]Cc1ccc(S(=O)(=O)NC2CCC(NCC(F)(F)F)CC2)cc1. The van der Waals surface area contributed by atoms with Gasteiger partial charge in [-0.3, -0.25) is 0 Å². The van der Waals surface area contributed by atoms with Crippen LogP contribution in [0.3, 0.4) is 0 Å². The molecular weight excluding hydrogens is 343 g/mol. The Balaban J connectivity index is 1.86. The average molecular weight is 364 g/mol. The molecule has 0 aliphatic heterocycles. The summed E-state index contributed by atoms with van der Waals surface area (Å²) in [6, 6.07) is 5.61. The standard InChI is InChI=1S/C15H21F3N3O2S/c16-15(17,18)10-20-12-3-5-13(6-4-12)21-24(22,23)14-7-1-11(9-19)2-8-14/h1-2,7-8,12-13,19-21H,3-6,9-10H2/q-1. The van der Waals surface area contributed by atoms with Crippen LogP contribution in [0.1, 0.15) is 31.2 Å². The van der Waals surface area contributed by atoms with Gasteiger partial charge in [0.1, 0.15) is 0 Å². The van der Waals surface area contributed by atoms with Crippen molar-refractivity contribution in [1.29, 1.82) is 0 Å². The van der Waals surface area contributed by atoms with Crippen LogP contribution in [0.25, 0.3) is 5.73 Å². The third kappa shape index (κ3) is 5.73. The first-order chi connectivity index (χ1) is 11.2. The summed E-state index contributed by atoms with van der Waals surface area (Å²) in [6.07, 6.45) is -2.23. The molecule has 0 atom stereocenters. The highest BCUT2D eigenvalue weighted by molar-refractivity contribution is 7.89. The second kappa shape index (κ2) is 7.81. The molecule has 3 N–H and O–H groups in total. The lowest BCUT2D eigenvalue weighted by Crippen LogP contribution is -2.44. The minimum absolute atomic E-state index is 0.0860. The van der Waals surface area contributed by atoms with E-state index < -0.39 is 22.7 Å². The summed E-state index contributed by atoms with van der Waals surface area (Å²) in [5.74, 6) is 0. The summed E-state index contributed by atoms with van der Waals surface area (Å²) < 4.78 is 63.8. The summed E-state index contributed by atoms with van der Waals surface area (Å²) in [4.78, 5) is 0.136. The summed E-state index contributed by atoms with van der Waals surface area (Å²) in [5, 5.41) is 2.47. The Bertz CT molecular complexity index is 624. The lowest BCUT2D eigenvalue weighted by Gasteiger charge is -2.29. The van der Waals surface area contributed by atoms with E-state index in [0.29, 0.717) is 25.7 Å². The van der Waals surface area contributed by atoms with Crippen molar-refractivity contribution in [2.24, 2.45) is 0 Å². The minimum Gasteiger partial charge on any atom is -0.674 e. The van der Waals surface area contributed by atoms with Crippen LogP contribution < -0.4 is 10.0 Å². The Morgan fingerprint density at radius 1 is 1.04 bits per heavy atom. The van der Waals surface area contributed by atoms with E-state index in [4.69, 9.17) is 5.73 Å². The van der Waals surface area contributed by atoms with Crippen LogP contribution in [-0.4, -0.2) is 33.2 Å². The molecule has 1 saturated carbocycles. The third-order valence-electron chi connectivity index (χ3n) is 4.08. The highest BCUT2D eigenvalue weighted by Crippen LogP contribution is 2.22. The van der Waals surface area contributed by atoms with Gasteiger partial charge in [0.15, 0.2) is 0 Å². The van der Waals surface area contributed by atoms with Crippen LogP contribution in [0.4, 0.5) is 13.2 Å². The predicted octanol–water partition coefficient (Wildman–Crippen LogP) is 2.98. The quantitative estimate of drug-likeness (QED) is 0.814. The molecule has 9 heteroatoms. The molecule has 1 fully saturated rings. The zero-order valence-electron chi connectivity index (χ0n) is 13.1. The van der Waals surface area contributed by atoms with Gasteiger partial charge in [0.25, 0.3) is 0 Å². The van der Waals surface area contributed by atoms with Gasteiger partial charge in [0, 0.05) is 12.1 Å². The van der Waals surface area contributed by atoms with E-state index in [2.05, 4.69) is 10.0 Å². The first-order valence-electron chi connectivity index (χ1n) is 7.75. The highest BCUT2D eigenvalue weighted by Gasteiger charge is 2.30. The number of hydrogen-bond donors (Lipinski definition) is 2. The Kier molecular flexibility index (Phi) is 6.24. The van der Waals surface area contributed by atoms with Gasteiger partial charge in [-0.1, -0.05) is 17.7 Å². The molecule has 1 aromatic rings. The molecule has 0 spiro atoms. The van der Waals surface area contributed by atoms with Gasteiger partial charge in [0.2, 0.25) is 10.0 Å². The van der Waals surface area contributed by atoms with E-state index in [1.54, 1.807) is 12.1 Å². The molecule has 1 aliphatic rings. The molecule has 1 aliphatic carbocycles. The second-order valence-electron chi connectivity index (χ2n) is 5.99. The smallest absolute Gasteiger partial charge is 0.401 e. The zero-order valence-corrected chi connectivity index (χ0v) is 13.9. The van der Waals surface area contributed by atoms with Crippen LogP contribution in [0.15, 0.2) is 29.2 Å². The maximum atomic E-state index is 12.3. The second-order valence-corrected chi connectivity index (χ2v) is 7.70. The Morgan fingerprint density at radius 3 is 2.08 bits per heavy atom. The number of benzene rings is 1. The lowest BCUT2D eigenvalue weighted by atomic mass is 9.92. The summed E-state index contributed by atoms with van der Waals surface area (Å²) in [7, 11) is -3.65. The lowest BCUT2D eigenvalue weighted by molar-refractivity contribution is -0.126. The zero-order chi connectivity index (χ0) is 17.8. The van der Waals surface area contributed by atoms with Gasteiger partial charge in [-0.25, -0.2) is 13.1 Å². The fraction of sp³-hybridized carbons (Fsp3) is 0.600. The van der Waals surface area contributed by atoms with E-state index in [9.17, 15) is 21.6 Å². The molecule has 5 nitrogen and oxygen atoms in total. The summed E-state index contributed by atoms with van der Waals surface area (Å²) in [5.41, 5.74) is 7.95. The van der Waals surface area contributed by atoms with Crippen molar-refractivity contribution in [1.82, 2.24) is 10.0 Å². The van der Waals surface area contributed by atoms with Crippen molar-refractivity contribution < 1.29 is 21.6 Å². The molecule has 0 amide bonds. The van der Waals surface area contributed by atoms with Gasteiger partial charge in [-0.05, 0) is 37.8 Å². The largest absolute Gasteiger partial charge is 0.674 e. The van der Waals surface area contributed by atoms with Crippen LogP contribution in [0.2, 0.25) is 0 Å². The van der Waals surface area contributed by atoms with Gasteiger partial charge in [0.05, 0.1) is 11.4 Å². The van der Waals surface area contributed by atoms with E-state index in [0.717, 1.165) is 5.56 Å². The Morgan fingerprint density at radius 2 is 1.58 bits per heavy atom. The maximum Gasteiger partial charge on any atom is 0.401 e. The molecule has 0 heterocycles. The monoisotopic (exact) mass is 364 g/mol. The van der Waals surface area contributed by atoms with Crippen molar-refractivity contribution in [2.45, 2.75) is 55.4 Å². The predicted molar refractivity (Wildman–Crippen MR) is 84.9 cm³/mol. The number of nitrogens with one attached hydrogen (secondary N) is 3. The highest BCUT2D eigenvalue weighted by atomic mass is 32.2. The van der Waals surface area contributed by atoms with E-state index in [-0.39, 0.29) is 23.5 Å². The van der Waals surface area contributed by atoms with E-state index >= 15 is 0 Å². The fourth-order valence-electron chi connectivity index (χ4n) is 2.75. The molecule has 2 rings (SSSR count). The van der Waals surface area contributed by atoms with Gasteiger partial charge in [-0.15, -0.1) is 6.54 Å². The van der Waals surface area contributed by atoms with E-state index in [1.807, 2.05) is 0 Å². The Labute approximate surface area is 139 Å². The van der Waals surface area contributed by atoms with Gasteiger partial charge in [-0.2, -0.15) is 13.2 Å². The van der Waals surface area contributed by atoms with Crippen molar-refractivity contribution in [2.75, 3.05) is 6.54 Å². The fourth-order valence-corrected chi connectivity index (χ4v) is 4.05.